The number of rotatable bonds is 8. The normalized spacial score (nSPS) is 11.5. The third kappa shape index (κ3) is 8.66. The van der Waals surface area contributed by atoms with Crippen molar-refractivity contribution in [3.8, 4) is 5.75 Å². The van der Waals surface area contributed by atoms with E-state index in [1.165, 1.54) is 6.26 Å². The monoisotopic (exact) mass is 537 g/mol. The van der Waals surface area contributed by atoms with Crippen LogP contribution in [-0.2, 0) is 16.3 Å². The number of nitrogens with one attached hydrogen (secondary N) is 2. The lowest BCUT2D eigenvalue weighted by Gasteiger charge is -2.12. The summed E-state index contributed by atoms with van der Waals surface area (Å²) in [6.45, 7) is 1.75. The van der Waals surface area contributed by atoms with Gasteiger partial charge < -0.3 is 15.4 Å². The van der Waals surface area contributed by atoms with Gasteiger partial charge in [0, 0.05) is 24.9 Å². The molecule has 0 heterocycles. The lowest BCUT2D eigenvalue weighted by molar-refractivity contribution is 0.322. The maximum absolute atomic E-state index is 11.5. The summed E-state index contributed by atoms with van der Waals surface area (Å²) >= 11 is 5.91. The Bertz CT molecular complexity index is 874. The van der Waals surface area contributed by atoms with E-state index in [0.717, 1.165) is 17.7 Å². The smallest absolute Gasteiger partial charge is 0.191 e. The Morgan fingerprint density at radius 1 is 1.11 bits per heavy atom. The second kappa shape index (κ2) is 12.1. The minimum absolute atomic E-state index is 0. The number of benzene rings is 2. The number of ether oxygens (including phenoxy) is 1. The molecule has 0 saturated carbocycles. The Kier molecular flexibility index (Phi) is 10.6. The molecule has 2 rings (SSSR count). The summed E-state index contributed by atoms with van der Waals surface area (Å²) in [5.74, 6) is 1.40. The number of nitrogens with zero attached hydrogens (tertiary/aromatic N) is 1. The molecule has 2 aromatic carbocycles. The van der Waals surface area contributed by atoms with E-state index in [1.807, 2.05) is 24.3 Å². The fraction of sp³-hybridized carbons (Fsp3) is 0.316. The van der Waals surface area contributed by atoms with Gasteiger partial charge in [-0.25, -0.2) is 8.42 Å². The molecule has 2 N–H and O–H groups in total. The van der Waals surface area contributed by atoms with Crippen LogP contribution in [0.4, 0.5) is 0 Å². The molecule has 0 radical (unpaired) electrons. The van der Waals surface area contributed by atoms with Crippen molar-refractivity contribution >= 4 is 51.4 Å². The summed E-state index contributed by atoms with van der Waals surface area (Å²) in [4.78, 5) is 4.49. The predicted molar refractivity (Wildman–Crippen MR) is 125 cm³/mol. The molecule has 0 spiro atoms. The molecule has 28 heavy (non-hydrogen) atoms. The van der Waals surface area contributed by atoms with Gasteiger partial charge in [-0.05, 0) is 42.3 Å². The fourth-order valence-corrected chi connectivity index (χ4v) is 3.16. The highest BCUT2D eigenvalue weighted by atomic mass is 127. The number of aliphatic imine (C=N–C) groups is 1. The van der Waals surface area contributed by atoms with Gasteiger partial charge in [-0.2, -0.15) is 0 Å². The van der Waals surface area contributed by atoms with Crippen molar-refractivity contribution < 1.29 is 13.2 Å². The summed E-state index contributed by atoms with van der Waals surface area (Å²) < 4.78 is 28.5. The van der Waals surface area contributed by atoms with Crippen LogP contribution in [-0.4, -0.2) is 47.4 Å². The third-order valence-corrected chi connectivity index (χ3v) is 5.10. The molecule has 0 atom stereocenters. The molecule has 0 fully saturated rings. The van der Waals surface area contributed by atoms with Gasteiger partial charge >= 0.3 is 0 Å². The van der Waals surface area contributed by atoms with Gasteiger partial charge in [0.15, 0.2) is 15.8 Å². The topological polar surface area (TPSA) is 79.8 Å². The van der Waals surface area contributed by atoms with Crippen LogP contribution in [0, 0.1) is 0 Å². The molecule has 0 unspecified atom stereocenters. The summed E-state index contributed by atoms with van der Waals surface area (Å²) in [6.07, 6.45) is 1.96. The van der Waals surface area contributed by atoms with Gasteiger partial charge in [-0.3, -0.25) is 4.99 Å². The van der Waals surface area contributed by atoms with Gasteiger partial charge in [0.05, 0.1) is 11.4 Å². The highest BCUT2D eigenvalue weighted by molar-refractivity contribution is 14.0. The van der Waals surface area contributed by atoms with Crippen LogP contribution >= 0.6 is 35.6 Å². The Morgan fingerprint density at radius 2 is 1.79 bits per heavy atom. The second-order valence-electron chi connectivity index (χ2n) is 5.90. The van der Waals surface area contributed by atoms with Crippen LogP contribution in [0.25, 0.3) is 0 Å². The highest BCUT2D eigenvalue weighted by Gasteiger charge is 2.06. The van der Waals surface area contributed by atoms with E-state index in [1.54, 1.807) is 31.3 Å². The van der Waals surface area contributed by atoms with Crippen molar-refractivity contribution in [2.24, 2.45) is 4.99 Å². The number of hydrogen-bond acceptors (Lipinski definition) is 4. The number of guanidine groups is 1. The van der Waals surface area contributed by atoms with Crippen LogP contribution in [0.3, 0.4) is 0 Å². The van der Waals surface area contributed by atoms with E-state index in [4.69, 9.17) is 16.3 Å². The van der Waals surface area contributed by atoms with E-state index in [0.29, 0.717) is 35.6 Å². The molecule has 154 valence electrons. The van der Waals surface area contributed by atoms with Crippen molar-refractivity contribution in [3.63, 3.8) is 0 Å². The SMILES string of the molecule is CN=C(NCCOc1cccc(Cl)c1)NCCc1ccc(S(C)(=O)=O)cc1.I. The summed E-state index contributed by atoms with van der Waals surface area (Å²) in [5.41, 5.74) is 1.05. The average molecular weight is 538 g/mol. The van der Waals surface area contributed by atoms with E-state index in [2.05, 4.69) is 15.6 Å². The van der Waals surface area contributed by atoms with Crippen LogP contribution in [0.1, 0.15) is 5.56 Å². The van der Waals surface area contributed by atoms with Crippen molar-refractivity contribution in [2.45, 2.75) is 11.3 Å². The van der Waals surface area contributed by atoms with E-state index in [9.17, 15) is 8.42 Å². The summed E-state index contributed by atoms with van der Waals surface area (Å²) in [5, 5.41) is 7.03. The first-order valence-electron chi connectivity index (χ1n) is 8.50. The first-order chi connectivity index (χ1) is 12.9. The first kappa shape index (κ1) is 24.5. The minimum atomic E-state index is -3.16. The second-order valence-corrected chi connectivity index (χ2v) is 8.35. The van der Waals surface area contributed by atoms with Crippen LogP contribution in [0.5, 0.6) is 5.75 Å². The molecule has 6 nitrogen and oxygen atoms in total. The van der Waals surface area contributed by atoms with Crippen molar-refractivity contribution in [3.05, 3.63) is 59.1 Å². The summed E-state index contributed by atoms with van der Waals surface area (Å²) in [6, 6.07) is 14.2. The standard InChI is InChI=1S/C19H24ClN3O3S.HI/c1-21-19(23-12-13-26-17-5-3-4-16(20)14-17)22-11-10-15-6-8-18(9-7-15)27(2,24)25;/h3-9,14H,10-13H2,1-2H3,(H2,21,22,23);1H. The van der Waals surface area contributed by atoms with Crippen LogP contribution in [0.15, 0.2) is 58.4 Å². The molecule has 2 aromatic rings. The van der Waals surface area contributed by atoms with Gasteiger partial charge in [0.25, 0.3) is 0 Å². The zero-order chi connectivity index (χ0) is 19.7. The first-order valence-corrected chi connectivity index (χ1v) is 10.8. The summed E-state index contributed by atoms with van der Waals surface area (Å²) in [7, 11) is -1.45. The van der Waals surface area contributed by atoms with Crippen molar-refractivity contribution in [1.82, 2.24) is 10.6 Å². The van der Waals surface area contributed by atoms with Gasteiger partial charge in [0.1, 0.15) is 12.4 Å². The van der Waals surface area contributed by atoms with Gasteiger partial charge in [-0.1, -0.05) is 29.8 Å². The lowest BCUT2D eigenvalue weighted by atomic mass is 10.1. The average Bonchev–Trinajstić information content (AvgIpc) is 2.63. The highest BCUT2D eigenvalue weighted by Crippen LogP contribution is 2.16. The zero-order valence-corrected chi connectivity index (χ0v) is 19.7. The molecule has 0 bridgehead atoms. The molecule has 0 amide bonds. The number of hydrogen-bond donors (Lipinski definition) is 2. The number of sulfone groups is 1. The van der Waals surface area contributed by atoms with E-state index >= 15 is 0 Å². The van der Waals surface area contributed by atoms with E-state index in [-0.39, 0.29) is 24.0 Å². The molecule has 0 aliphatic rings. The van der Waals surface area contributed by atoms with Gasteiger partial charge in [0.2, 0.25) is 0 Å². The predicted octanol–water partition coefficient (Wildman–Crippen LogP) is 3.15. The molecule has 0 aromatic heterocycles. The van der Waals surface area contributed by atoms with Crippen molar-refractivity contribution in [2.75, 3.05) is 33.0 Å². The maximum Gasteiger partial charge on any atom is 0.191 e. The maximum atomic E-state index is 11.5. The molecule has 0 aliphatic carbocycles. The zero-order valence-electron chi connectivity index (χ0n) is 15.8. The van der Waals surface area contributed by atoms with Crippen molar-refractivity contribution in [1.29, 1.82) is 0 Å². The lowest BCUT2D eigenvalue weighted by Crippen LogP contribution is -2.40. The Hall–Kier alpha value is -1.52. The Balaban J connectivity index is 0.00000392. The quantitative estimate of drug-likeness (QED) is 0.234. The number of halogens is 2. The molecule has 0 aliphatic heterocycles. The van der Waals surface area contributed by atoms with Crippen LogP contribution < -0.4 is 15.4 Å². The molecular weight excluding hydrogens is 513 g/mol. The minimum Gasteiger partial charge on any atom is -0.492 e. The third-order valence-electron chi connectivity index (χ3n) is 3.74. The fourth-order valence-electron chi connectivity index (χ4n) is 2.34. The Morgan fingerprint density at radius 3 is 2.39 bits per heavy atom. The van der Waals surface area contributed by atoms with Crippen LogP contribution in [0.2, 0.25) is 5.02 Å². The van der Waals surface area contributed by atoms with Gasteiger partial charge in [-0.15, -0.1) is 24.0 Å². The van der Waals surface area contributed by atoms with E-state index < -0.39 is 9.84 Å². The Labute approximate surface area is 188 Å². The molecular formula is C19H25ClIN3O3S. The molecule has 9 heteroatoms. The largest absolute Gasteiger partial charge is 0.492 e. The molecule has 0 saturated heterocycles.